The van der Waals surface area contributed by atoms with Gasteiger partial charge in [0, 0.05) is 32.2 Å². The summed E-state index contributed by atoms with van der Waals surface area (Å²) in [4.78, 5) is 13.5. The van der Waals surface area contributed by atoms with Crippen molar-refractivity contribution in [1.82, 2.24) is 4.90 Å². The van der Waals surface area contributed by atoms with Crippen molar-refractivity contribution in [3.05, 3.63) is 29.8 Å². The van der Waals surface area contributed by atoms with Gasteiger partial charge in [-0.25, -0.2) is 0 Å². The van der Waals surface area contributed by atoms with Gasteiger partial charge in [0.15, 0.2) is 0 Å². The molecule has 0 fully saturated rings. The summed E-state index contributed by atoms with van der Waals surface area (Å²) in [7, 11) is 3.73. The normalized spacial score (nSPS) is 10.3. The van der Waals surface area contributed by atoms with E-state index in [-0.39, 0.29) is 11.8 Å². The Hall–Kier alpha value is -1.51. The minimum atomic E-state index is 0.0479. The Morgan fingerprint density at radius 3 is 2.56 bits per heavy atom. The molecule has 0 unspecified atom stereocenters. The monoisotopic (exact) mass is 220 g/mol. The maximum Gasteiger partial charge on any atom is 0.225 e. The van der Waals surface area contributed by atoms with E-state index in [0.29, 0.717) is 6.54 Å². The van der Waals surface area contributed by atoms with Crippen LogP contribution in [0.1, 0.15) is 19.4 Å². The third-order valence-electron chi connectivity index (χ3n) is 2.56. The molecular weight excluding hydrogens is 200 g/mol. The van der Waals surface area contributed by atoms with Gasteiger partial charge in [-0.2, -0.15) is 0 Å². The average Bonchev–Trinajstić information content (AvgIpc) is 2.28. The Morgan fingerprint density at radius 2 is 2.00 bits per heavy atom. The summed E-state index contributed by atoms with van der Waals surface area (Å²) < 4.78 is 0. The van der Waals surface area contributed by atoms with Gasteiger partial charge in [-0.05, 0) is 11.6 Å². The molecule has 0 saturated heterocycles. The molecule has 0 aliphatic heterocycles. The van der Waals surface area contributed by atoms with E-state index >= 15 is 0 Å². The first-order chi connectivity index (χ1) is 7.56. The highest BCUT2D eigenvalue weighted by atomic mass is 16.2. The van der Waals surface area contributed by atoms with Crippen LogP contribution < -0.4 is 5.32 Å². The lowest BCUT2D eigenvalue weighted by Gasteiger charge is -2.21. The molecule has 1 amide bonds. The summed E-state index contributed by atoms with van der Waals surface area (Å²) >= 11 is 0. The summed E-state index contributed by atoms with van der Waals surface area (Å²) in [6, 6.07) is 8.03. The van der Waals surface area contributed by atoms with Crippen molar-refractivity contribution in [2.24, 2.45) is 5.92 Å². The zero-order valence-corrected chi connectivity index (χ0v) is 10.4. The number of rotatable bonds is 4. The van der Waals surface area contributed by atoms with E-state index in [9.17, 15) is 4.79 Å². The molecule has 0 atom stereocenters. The van der Waals surface area contributed by atoms with E-state index in [1.165, 1.54) is 0 Å². The van der Waals surface area contributed by atoms with Gasteiger partial charge in [0.05, 0.1) is 0 Å². The van der Waals surface area contributed by atoms with Crippen LogP contribution in [-0.4, -0.2) is 24.9 Å². The Labute approximate surface area is 97.5 Å². The van der Waals surface area contributed by atoms with Crippen molar-refractivity contribution in [2.75, 3.05) is 19.4 Å². The first-order valence-electron chi connectivity index (χ1n) is 5.57. The highest BCUT2D eigenvalue weighted by molar-refractivity contribution is 5.78. The molecule has 1 aromatic carbocycles. The number of nitrogens with zero attached hydrogens (tertiary/aromatic N) is 1. The predicted molar refractivity (Wildman–Crippen MR) is 67.3 cm³/mol. The molecule has 1 rings (SSSR count). The number of carbonyl (C=O) groups excluding carboxylic acids is 1. The number of hydrogen-bond donors (Lipinski definition) is 1. The van der Waals surface area contributed by atoms with Crippen LogP contribution in [-0.2, 0) is 11.3 Å². The fourth-order valence-corrected chi connectivity index (χ4v) is 1.68. The SMILES string of the molecule is CNc1ccccc1CN(C)C(=O)C(C)C. The van der Waals surface area contributed by atoms with Crippen LogP contribution in [0.2, 0.25) is 0 Å². The molecule has 16 heavy (non-hydrogen) atoms. The van der Waals surface area contributed by atoms with Gasteiger partial charge in [-0.15, -0.1) is 0 Å². The quantitative estimate of drug-likeness (QED) is 0.844. The fourth-order valence-electron chi connectivity index (χ4n) is 1.68. The van der Waals surface area contributed by atoms with Gasteiger partial charge in [0.25, 0.3) is 0 Å². The molecule has 0 spiro atoms. The van der Waals surface area contributed by atoms with E-state index in [2.05, 4.69) is 5.32 Å². The number of nitrogens with one attached hydrogen (secondary N) is 1. The number of benzene rings is 1. The topological polar surface area (TPSA) is 32.3 Å². The van der Waals surface area contributed by atoms with Crippen LogP contribution >= 0.6 is 0 Å². The van der Waals surface area contributed by atoms with Crippen molar-refractivity contribution < 1.29 is 4.79 Å². The predicted octanol–water partition coefficient (Wildman–Crippen LogP) is 2.34. The molecule has 0 aliphatic carbocycles. The smallest absolute Gasteiger partial charge is 0.225 e. The van der Waals surface area contributed by atoms with Crippen LogP contribution in [0, 0.1) is 5.92 Å². The van der Waals surface area contributed by atoms with Crippen LogP contribution in [0.3, 0.4) is 0 Å². The molecule has 0 saturated carbocycles. The minimum absolute atomic E-state index is 0.0479. The first kappa shape index (κ1) is 12.6. The van der Waals surface area contributed by atoms with Crippen LogP contribution in [0.25, 0.3) is 0 Å². The maximum atomic E-state index is 11.8. The number of para-hydroxylation sites is 1. The average molecular weight is 220 g/mol. The molecule has 88 valence electrons. The molecule has 3 heteroatoms. The van der Waals surface area contributed by atoms with Crippen molar-refractivity contribution in [1.29, 1.82) is 0 Å². The lowest BCUT2D eigenvalue weighted by molar-refractivity contribution is -0.133. The second kappa shape index (κ2) is 5.54. The van der Waals surface area contributed by atoms with Crippen molar-refractivity contribution >= 4 is 11.6 Å². The van der Waals surface area contributed by atoms with E-state index in [1.54, 1.807) is 4.90 Å². The third-order valence-corrected chi connectivity index (χ3v) is 2.56. The molecule has 0 heterocycles. The summed E-state index contributed by atoms with van der Waals surface area (Å²) in [6.45, 7) is 4.49. The minimum Gasteiger partial charge on any atom is -0.388 e. The first-order valence-corrected chi connectivity index (χ1v) is 5.57. The molecule has 0 aliphatic rings. The molecule has 1 aromatic rings. The number of carbonyl (C=O) groups is 1. The van der Waals surface area contributed by atoms with Crippen LogP contribution in [0.4, 0.5) is 5.69 Å². The summed E-state index contributed by atoms with van der Waals surface area (Å²) in [5.74, 6) is 0.220. The largest absolute Gasteiger partial charge is 0.388 e. The molecule has 0 aromatic heterocycles. The second-order valence-corrected chi connectivity index (χ2v) is 4.26. The van der Waals surface area contributed by atoms with Gasteiger partial charge in [0.2, 0.25) is 5.91 Å². The highest BCUT2D eigenvalue weighted by Crippen LogP contribution is 2.16. The van der Waals surface area contributed by atoms with Crippen molar-refractivity contribution in [2.45, 2.75) is 20.4 Å². The van der Waals surface area contributed by atoms with Crippen molar-refractivity contribution in [3.63, 3.8) is 0 Å². The molecule has 0 bridgehead atoms. The highest BCUT2D eigenvalue weighted by Gasteiger charge is 2.13. The standard InChI is InChI=1S/C13H20N2O/c1-10(2)13(16)15(4)9-11-7-5-6-8-12(11)14-3/h5-8,10,14H,9H2,1-4H3. The lowest BCUT2D eigenvalue weighted by atomic mass is 10.1. The number of hydrogen-bond acceptors (Lipinski definition) is 2. The maximum absolute atomic E-state index is 11.8. The Kier molecular flexibility index (Phi) is 4.35. The Bertz CT molecular complexity index is 361. The third kappa shape index (κ3) is 2.99. The summed E-state index contributed by atoms with van der Waals surface area (Å²) in [5.41, 5.74) is 2.22. The van der Waals surface area contributed by atoms with Gasteiger partial charge in [-0.3, -0.25) is 4.79 Å². The van der Waals surface area contributed by atoms with Crippen LogP contribution in [0.5, 0.6) is 0 Å². The zero-order chi connectivity index (χ0) is 12.1. The van der Waals surface area contributed by atoms with Gasteiger partial charge in [-0.1, -0.05) is 32.0 Å². The summed E-state index contributed by atoms with van der Waals surface area (Å²) in [6.07, 6.45) is 0. The molecule has 1 N–H and O–H groups in total. The number of amides is 1. The van der Waals surface area contributed by atoms with Gasteiger partial charge < -0.3 is 10.2 Å². The molecule has 3 nitrogen and oxygen atoms in total. The Morgan fingerprint density at radius 1 is 1.38 bits per heavy atom. The Balaban J connectivity index is 2.76. The number of anilines is 1. The van der Waals surface area contributed by atoms with Gasteiger partial charge >= 0.3 is 0 Å². The fraction of sp³-hybridized carbons (Fsp3) is 0.462. The summed E-state index contributed by atoms with van der Waals surface area (Å²) in [5, 5.41) is 3.13. The van der Waals surface area contributed by atoms with E-state index in [0.717, 1.165) is 11.3 Å². The van der Waals surface area contributed by atoms with E-state index in [1.807, 2.05) is 52.2 Å². The van der Waals surface area contributed by atoms with Gasteiger partial charge in [0.1, 0.15) is 0 Å². The zero-order valence-electron chi connectivity index (χ0n) is 10.4. The van der Waals surface area contributed by atoms with Crippen molar-refractivity contribution in [3.8, 4) is 0 Å². The van der Waals surface area contributed by atoms with Crippen LogP contribution in [0.15, 0.2) is 24.3 Å². The molecular formula is C13H20N2O. The van der Waals surface area contributed by atoms with E-state index < -0.39 is 0 Å². The second-order valence-electron chi connectivity index (χ2n) is 4.26. The lowest BCUT2D eigenvalue weighted by Crippen LogP contribution is -2.30. The van der Waals surface area contributed by atoms with E-state index in [4.69, 9.17) is 0 Å². The molecule has 0 radical (unpaired) electrons.